The van der Waals surface area contributed by atoms with E-state index in [1.807, 2.05) is 18.2 Å². The number of rotatable bonds is 8. The first-order valence-electron chi connectivity index (χ1n) is 8.74. The Labute approximate surface area is 170 Å². The summed E-state index contributed by atoms with van der Waals surface area (Å²) in [5.74, 6) is -0.0831. The topological polar surface area (TPSA) is 133 Å². The molecule has 0 aliphatic carbocycles. The zero-order valence-corrected chi connectivity index (χ0v) is 15.6. The second-order valence-electron chi connectivity index (χ2n) is 5.91. The molecule has 1 heterocycles. The lowest BCUT2D eigenvalue weighted by molar-refractivity contribution is -0.384. The van der Waals surface area contributed by atoms with Gasteiger partial charge in [-0.05, 0) is 30.3 Å². The normalized spacial score (nSPS) is 10.1. The number of nitrogens with one attached hydrogen (secondary N) is 2. The van der Waals surface area contributed by atoms with Crippen molar-refractivity contribution < 1.29 is 28.4 Å². The van der Waals surface area contributed by atoms with Crippen molar-refractivity contribution in [1.29, 1.82) is 0 Å². The highest BCUT2D eigenvalue weighted by atomic mass is 16.6. The summed E-state index contributed by atoms with van der Waals surface area (Å²) in [5.41, 5.74) is 4.20. The van der Waals surface area contributed by atoms with E-state index in [4.69, 9.17) is 13.9 Å². The summed E-state index contributed by atoms with van der Waals surface area (Å²) in [6.07, 6.45) is 0. The van der Waals surface area contributed by atoms with Crippen molar-refractivity contribution in [3.8, 4) is 11.5 Å². The van der Waals surface area contributed by atoms with Gasteiger partial charge in [-0.3, -0.25) is 30.6 Å². The number of hydrogen-bond donors (Lipinski definition) is 2. The number of carbonyl (C=O) groups is 2. The highest BCUT2D eigenvalue weighted by Gasteiger charge is 2.13. The van der Waals surface area contributed by atoms with Crippen LogP contribution in [0.3, 0.4) is 0 Å². The van der Waals surface area contributed by atoms with Gasteiger partial charge in [-0.25, -0.2) is 0 Å². The molecule has 10 nitrogen and oxygen atoms in total. The van der Waals surface area contributed by atoms with Crippen LogP contribution in [0.15, 0.2) is 71.1 Å². The Morgan fingerprint density at radius 2 is 1.70 bits per heavy atom. The minimum atomic E-state index is -0.662. The lowest BCUT2D eigenvalue weighted by atomic mass is 10.3. The number of carbonyl (C=O) groups excluding carboxylic acids is 2. The van der Waals surface area contributed by atoms with E-state index in [2.05, 4.69) is 10.9 Å². The van der Waals surface area contributed by atoms with Crippen LogP contribution in [0.1, 0.15) is 16.3 Å². The monoisotopic (exact) mass is 411 g/mol. The van der Waals surface area contributed by atoms with E-state index in [9.17, 15) is 19.7 Å². The second kappa shape index (κ2) is 9.73. The van der Waals surface area contributed by atoms with Gasteiger partial charge in [0, 0.05) is 6.07 Å². The number of nitro groups is 1. The molecule has 0 atom stereocenters. The Morgan fingerprint density at radius 1 is 0.933 bits per heavy atom. The predicted molar refractivity (Wildman–Crippen MR) is 104 cm³/mol. The fraction of sp³-hybridized carbons (Fsp3) is 0.100. The first-order valence-corrected chi connectivity index (χ1v) is 8.74. The maximum atomic E-state index is 12.1. The quantitative estimate of drug-likeness (QED) is 0.430. The van der Waals surface area contributed by atoms with E-state index in [1.165, 1.54) is 30.3 Å². The Kier molecular flexibility index (Phi) is 6.62. The maximum absolute atomic E-state index is 12.1. The molecule has 0 fully saturated rings. The number of para-hydroxylation sites is 1. The molecule has 0 saturated carbocycles. The van der Waals surface area contributed by atoms with Gasteiger partial charge in [-0.1, -0.05) is 24.3 Å². The zero-order chi connectivity index (χ0) is 21.3. The highest BCUT2D eigenvalue weighted by Crippen LogP contribution is 2.19. The molecular formula is C20H17N3O7. The minimum Gasteiger partial charge on any atom is -0.486 e. The zero-order valence-electron chi connectivity index (χ0n) is 15.6. The molecule has 3 rings (SSSR count). The predicted octanol–water partition coefficient (Wildman–Crippen LogP) is 2.61. The first kappa shape index (κ1) is 20.4. The van der Waals surface area contributed by atoms with Gasteiger partial charge in [0.25, 0.3) is 11.6 Å². The van der Waals surface area contributed by atoms with Gasteiger partial charge in [-0.2, -0.15) is 0 Å². The molecule has 2 N–H and O–H groups in total. The van der Waals surface area contributed by atoms with Gasteiger partial charge >= 0.3 is 5.91 Å². The van der Waals surface area contributed by atoms with Crippen molar-refractivity contribution in [2.45, 2.75) is 6.61 Å². The summed E-state index contributed by atoms with van der Waals surface area (Å²) in [7, 11) is 0. The molecule has 0 radical (unpaired) electrons. The van der Waals surface area contributed by atoms with Crippen molar-refractivity contribution in [3.05, 3.63) is 88.4 Å². The van der Waals surface area contributed by atoms with Crippen molar-refractivity contribution in [2.75, 3.05) is 6.61 Å². The molecule has 0 bridgehead atoms. The summed E-state index contributed by atoms with van der Waals surface area (Å²) >= 11 is 0. The number of amides is 2. The molecule has 0 unspecified atom stereocenters. The van der Waals surface area contributed by atoms with Crippen LogP contribution in [-0.4, -0.2) is 23.3 Å². The standard InChI is InChI=1S/C20H17N3O7/c24-19(13-29-16-8-4-5-14(11-16)23(26)27)21-22-20(25)18-10-9-17(30-18)12-28-15-6-2-1-3-7-15/h1-11H,12-13H2,(H,21,24)(H,22,25). The molecule has 0 aliphatic heterocycles. The van der Waals surface area contributed by atoms with E-state index >= 15 is 0 Å². The van der Waals surface area contributed by atoms with E-state index in [-0.39, 0.29) is 23.8 Å². The van der Waals surface area contributed by atoms with Gasteiger partial charge in [0.05, 0.1) is 11.0 Å². The molecule has 2 aromatic carbocycles. The summed E-state index contributed by atoms with van der Waals surface area (Å²) < 4.78 is 16.1. The van der Waals surface area contributed by atoms with Gasteiger partial charge in [-0.15, -0.1) is 0 Å². The lowest BCUT2D eigenvalue weighted by Gasteiger charge is -2.08. The van der Waals surface area contributed by atoms with Crippen LogP contribution in [0.2, 0.25) is 0 Å². The number of hydrazine groups is 1. The summed E-state index contributed by atoms with van der Waals surface area (Å²) in [5, 5.41) is 10.7. The number of non-ortho nitro benzene ring substituents is 1. The molecule has 0 spiro atoms. The molecule has 1 aromatic heterocycles. The van der Waals surface area contributed by atoms with E-state index in [1.54, 1.807) is 18.2 Å². The first-order chi connectivity index (χ1) is 14.5. The number of nitro benzene ring substituents is 1. The van der Waals surface area contributed by atoms with Crippen LogP contribution < -0.4 is 20.3 Å². The average molecular weight is 411 g/mol. The molecule has 10 heteroatoms. The number of hydrogen-bond acceptors (Lipinski definition) is 7. The third kappa shape index (κ3) is 5.83. The van der Waals surface area contributed by atoms with E-state index in [0.717, 1.165) is 0 Å². The van der Waals surface area contributed by atoms with Crippen LogP contribution in [0.5, 0.6) is 11.5 Å². The Hall–Kier alpha value is -4.34. The average Bonchev–Trinajstić information content (AvgIpc) is 3.25. The van der Waals surface area contributed by atoms with Crippen LogP contribution in [0, 0.1) is 10.1 Å². The Morgan fingerprint density at radius 3 is 2.47 bits per heavy atom. The number of benzene rings is 2. The second-order valence-corrected chi connectivity index (χ2v) is 5.91. The van der Waals surface area contributed by atoms with Gasteiger partial charge < -0.3 is 13.9 Å². The van der Waals surface area contributed by atoms with Crippen LogP contribution in [0.4, 0.5) is 5.69 Å². The molecule has 2 amide bonds. The molecular weight excluding hydrogens is 394 g/mol. The SMILES string of the molecule is O=C(COc1cccc([N+](=O)[O-])c1)NNC(=O)c1ccc(COc2ccccc2)o1. The Bertz CT molecular complexity index is 1030. The van der Waals surface area contributed by atoms with Crippen molar-refractivity contribution in [1.82, 2.24) is 10.9 Å². The largest absolute Gasteiger partial charge is 0.486 e. The number of furan rings is 1. The minimum absolute atomic E-state index is 0.0124. The molecule has 0 aliphatic rings. The number of nitrogens with zero attached hydrogens (tertiary/aromatic N) is 1. The molecule has 30 heavy (non-hydrogen) atoms. The molecule has 154 valence electrons. The summed E-state index contributed by atoms with van der Waals surface area (Å²) in [6, 6.07) is 17.6. The van der Waals surface area contributed by atoms with Crippen LogP contribution in [-0.2, 0) is 11.4 Å². The number of ether oxygens (including phenoxy) is 2. The van der Waals surface area contributed by atoms with Crippen molar-refractivity contribution in [3.63, 3.8) is 0 Å². The van der Waals surface area contributed by atoms with E-state index < -0.39 is 23.3 Å². The smallest absolute Gasteiger partial charge is 0.305 e. The molecule has 3 aromatic rings. The van der Waals surface area contributed by atoms with Crippen molar-refractivity contribution >= 4 is 17.5 Å². The third-order valence-electron chi connectivity index (χ3n) is 3.72. The van der Waals surface area contributed by atoms with Gasteiger partial charge in [0.1, 0.15) is 23.9 Å². The van der Waals surface area contributed by atoms with Gasteiger partial charge in [0.2, 0.25) is 0 Å². The highest BCUT2D eigenvalue weighted by molar-refractivity contribution is 5.93. The Balaban J connectivity index is 1.43. The summed E-state index contributed by atoms with van der Waals surface area (Å²) in [6.45, 7) is -0.309. The maximum Gasteiger partial charge on any atom is 0.305 e. The fourth-order valence-corrected chi connectivity index (χ4v) is 2.31. The van der Waals surface area contributed by atoms with E-state index in [0.29, 0.717) is 11.5 Å². The fourth-order valence-electron chi connectivity index (χ4n) is 2.31. The summed E-state index contributed by atoms with van der Waals surface area (Å²) in [4.78, 5) is 34.0. The third-order valence-corrected chi connectivity index (χ3v) is 3.72. The van der Waals surface area contributed by atoms with Crippen LogP contribution in [0.25, 0.3) is 0 Å². The molecule has 0 saturated heterocycles. The van der Waals surface area contributed by atoms with Crippen molar-refractivity contribution in [2.24, 2.45) is 0 Å². The van der Waals surface area contributed by atoms with Crippen LogP contribution >= 0.6 is 0 Å². The lowest BCUT2D eigenvalue weighted by Crippen LogP contribution is -2.43. The van der Waals surface area contributed by atoms with Gasteiger partial charge in [0.15, 0.2) is 12.4 Å².